The zero-order chi connectivity index (χ0) is 25.7. The average molecular weight is 493 g/mol. The lowest BCUT2D eigenvalue weighted by atomic mass is 10.0. The maximum atomic E-state index is 13.0. The fourth-order valence-electron chi connectivity index (χ4n) is 4.38. The highest BCUT2D eigenvalue weighted by Gasteiger charge is 2.33. The van der Waals surface area contributed by atoms with Gasteiger partial charge in [0, 0.05) is 39.0 Å². The standard InChI is InChI=1S/C26H32N6O4/c1-17-24-22(15-31(16-23(24)33)26(35)29-14-18-7-4-3-5-8-18)32(30-17)19-9-10-20(25(27)34)21(13-19)28-11-6-12-36-2/h3-5,7-10,13,26,28-29,35H,6,11-12,14-16H2,1-2H3,(H2,27,34). The third-order valence-electron chi connectivity index (χ3n) is 6.17. The van der Waals surface area contributed by atoms with E-state index in [0.717, 1.165) is 12.0 Å². The number of fused-ring (bicyclic) bond motifs is 1. The van der Waals surface area contributed by atoms with E-state index in [1.165, 1.54) is 0 Å². The number of hydrogen-bond donors (Lipinski definition) is 4. The van der Waals surface area contributed by atoms with Crippen LogP contribution in [0.4, 0.5) is 5.69 Å². The average Bonchev–Trinajstić information content (AvgIpc) is 3.22. The summed E-state index contributed by atoms with van der Waals surface area (Å²) >= 11 is 0. The summed E-state index contributed by atoms with van der Waals surface area (Å²) in [5.74, 6) is -0.643. The lowest BCUT2D eigenvalue weighted by molar-refractivity contribution is -0.0287. The lowest BCUT2D eigenvalue weighted by Gasteiger charge is -2.31. The molecule has 36 heavy (non-hydrogen) atoms. The highest BCUT2D eigenvalue weighted by Crippen LogP contribution is 2.28. The molecule has 10 heteroatoms. The van der Waals surface area contributed by atoms with Crippen molar-refractivity contribution in [3.8, 4) is 5.69 Å². The number of ketones is 1. The molecule has 1 aromatic heterocycles. The Labute approximate surface area is 210 Å². The molecule has 0 saturated heterocycles. The zero-order valence-electron chi connectivity index (χ0n) is 20.5. The van der Waals surface area contributed by atoms with Gasteiger partial charge in [0.05, 0.1) is 34.7 Å². The zero-order valence-corrected chi connectivity index (χ0v) is 20.5. The van der Waals surface area contributed by atoms with E-state index in [0.29, 0.717) is 60.1 Å². The van der Waals surface area contributed by atoms with E-state index in [1.807, 2.05) is 30.3 Å². The number of aryl methyl sites for hydroxylation is 1. The minimum Gasteiger partial charge on any atom is -0.385 e. The van der Waals surface area contributed by atoms with Gasteiger partial charge in [-0.15, -0.1) is 0 Å². The van der Waals surface area contributed by atoms with E-state index < -0.39 is 12.3 Å². The molecule has 1 aliphatic heterocycles. The van der Waals surface area contributed by atoms with Crippen LogP contribution in [0.5, 0.6) is 0 Å². The van der Waals surface area contributed by atoms with Crippen LogP contribution in [0, 0.1) is 6.92 Å². The van der Waals surface area contributed by atoms with Crippen LogP contribution in [-0.2, 0) is 17.8 Å². The lowest BCUT2D eigenvalue weighted by Crippen LogP contribution is -2.49. The second-order valence-electron chi connectivity index (χ2n) is 8.75. The minimum atomic E-state index is -1.01. The number of nitrogens with zero attached hydrogens (tertiary/aromatic N) is 3. The topological polar surface area (TPSA) is 135 Å². The Morgan fingerprint density at radius 2 is 2.00 bits per heavy atom. The van der Waals surface area contributed by atoms with E-state index in [9.17, 15) is 14.7 Å². The van der Waals surface area contributed by atoms with Gasteiger partial charge in [0.15, 0.2) is 12.1 Å². The first kappa shape index (κ1) is 25.5. The van der Waals surface area contributed by atoms with Crippen LogP contribution in [0.1, 0.15) is 44.1 Å². The quantitative estimate of drug-likeness (QED) is 0.235. The van der Waals surface area contributed by atoms with Gasteiger partial charge in [0.25, 0.3) is 5.91 Å². The number of Topliss-reactive ketones (excluding diaryl/α,β-unsaturated/α-hetero) is 1. The smallest absolute Gasteiger partial charge is 0.250 e. The monoisotopic (exact) mass is 492 g/mol. The van der Waals surface area contributed by atoms with Gasteiger partial charge in [-0.2, -0.15) is 5.10 Å². The van der Waals surface area contributed by atoms with E-state index >= 15 is 0 Å². The van der Waals surface area contributed by atoms with Crippen LogP contribution in [-0.4, -0.2) is 64.6 Å². The Morgan fingerprint density at radius 1 is 1.22 bits per heavy atom. The number of ether oxygens (including phenoxy) is 1. The highest BCUT2D eigenvalue weighted by molar-refractivity contribution is 6.01. The summed E-state index contributed by atoms with van der Waals surface area (Å²) in [6, 6.07) is 14.9. The number of hydrogen-bond acceptors (Lipinski definition) is 8. The number of amides is 1. The van der Waals surface area contributed by atoms with Crippen molar-refractivity contribution in [2.45, 2.75) is 32.8 Å². The van der Waals surface area contributed by atoms with Gasteiger partial charge >= 0.3 is 0 Å². The molecular weight excluding hydrogens is 460 g/mol. The first-order valence-electron chi connectivity index (χ1n) is 11.9. The van der Waals surface area contributed by atoms with Gasteiger partial charge < -0.3 is 20.9 Å². The highest BCUT2D eigenvalue weighted by atomic mass is 16.5. The van der Waals surface area contributed by atoms with Gasteiger partial charge in [-0.05, 0) is 37.1 Å². The molecule has 10 nitrogen and oxygen atoms in total. The molecule has 5 N–H and O–H groups in total. The molecule has 0 saturated carbocycles. The predicted molar refractivity (Wildman–Crippen MR) is 136 cm³/mol. The molecule has 0 aliphatic carbocycles. The van der Waals surface area contributed by atoms with Crippen molar-refractivity contribution in [2.24, 2.45) is 5.73 Å². The molecule has 190 valence electrons. The van der Waals surface area contributed by atoms with Crippen LogP contribution in [0.15, 0.2) is 48.5 Å². The van der Waals surface area contributed by atoms with Crippen LogP contribution in [0.2, 0.25) is 0 Å². The van der Waals surface area contributed by atoms with Crippen molar-refractivity contribution in [2.75, 3.05) is 32.1 Å². The molecule has 2 heterocycles. The number of aliphatic hydroxyl groups excluding tert-OH is 1. The van der Waals surface area contributed by atoms with E-state index in [2.05, 4.69) is 15.7 Å². The van der Waals surface area contributed by atoms with Crippen molar-refractivity contribution in [1.82, 2.24) is 20.0 Å². The van der Waals surface area contributed by atoms with Gasteiger partial charge in [-0.1, -0.05) is 30.3 Å². The Hall–Kier alpha value is -3.57. The number of aromatic nitrogens is 2. The number of nitrogens with one attached hydrogen (secondary N) is 2. The number of carbonyl (C=O) groups is 2. The van der Waals surface area contributed by atoms with Crippen molar-refractivity contribution >= 4 is 17.4 Å². The number of rotatable bonds is 11. The Bertz CT molecular complexity index is 1230. The molecule has 0 bridgehead atoms. The first-order valence-corrected chi connectivity index (χ1v) is 11.9. The number of methoxy groups -OCH3 is 1. The van der Waals surface area contributed by atoms with Crippen LogP contribution in [0.25, 0.3) is 5.69 Å². The number of aliphatic hydroxyl groups is 1. The Kier molecular flexibility index (Phi) is 8.11. The summed E-state index contributed by atoms with van der Waals surface area (Å²) in [7, 11) is 1.64. The van der Waals surface area contributed by atoms with Crippen molar-refractivity contribution in [3.63, 3.8) is 0 Å². The van der Waals surface area contributed by atoms with Crippen molar-refractivity contribution < 1.29 is 19.4 Å². The normalized spacial score (nSPS) is 14.5. The number of carbonyl (C=O) groups excluding carboxylic acids is 2. The Balaban J connectivity index is 1.58. The second kappa shape index (κ2) is 11.4. The number of anilines is 1. The number of benzene rings is 2. The number of primary amides is 1. The summed E-state index contributed by atoms with van der Waals surface area (Å²) in [4.78, 5) is 26.7. The van der Waals surface area contributed by atoms with Crippen molar-refractivity contribution in [3.05, 3.63) is 76.6 Å². The largest absolute Gasteiger partial charge is 0.385 e. The number of nitrogens with two attached hydrogens (primary N) is 1. The molecule has 0 radical (unpaired) electrons. The van der Waals surface area contributed by atoms with E-state index in [1.54, 1.807) is 41.8 Å². The first-order chi connectivity index (χ1) is 17.4. The third kappa shape index (κ3) is 5.63. The molecule has 1 aliphatic rings. The summed E-state index contributed by atoms with van der Waals surface area (Å²) in [6.07, 6.45) is -0.256. The van der Waals surface area contributed by atoms with Crippen molar-refractivity contribution in [1.29, 1.82) is 0 Å². The van der Waals surface area contributed by atoms with Gasteiger partial charge in [0.2, 0.25) is 0 Å². The predicted octanol–water partition coefficient (Wildman–Crippen LogP) is 1.79. The molecule has 2 aromatic carbocycles. The van der Waals surface area contributed by atoms with E-state index in [-0.39, 0.29) is 12.3 Å². The summed E-state index contributed by atoms with van der Waals surface area (Å²) in [6.45, 7) is 3.84. The molecule has 1 atom stereocenters. The van der Waals surface area contributed by atoms with Crippen LogP contribution in [0.3, 0.4) is 0 Å². The summed E-state index contributed by atoms with van der Waals surface area (Å²) < 4.78 is 6.79. The Morgan fingerprint density at radius 3 is 2.72 bits per heavy atom. The molecule has 0 fully saturated rings. The van der Waals surface area contributed by atoms with E-state index in [4.69, 9.17) is 10.5 Å². The molecule has 0 spiro atoms. The fraction of sp³-hybridized carbons (Fsp3) is 0.346. The maximum absolute atomic E-state index is 13.0. The maximum Gasteiger partial charge on any atom is 0.250 e. The molecule has 4 rings (SSSR count). The molecular formula is C26H32N6O4. The van der Waals surface area contributed by atoms with Gasteiger partial charge in [-0.25, -0.2) is 4.68 Å². The van der Waals surface area contributed by atoms with Gasteiger partial charge in [-0.3, -0.25) is 19.8 Å². The van der Waals surface area contributed by atoms with Gasteiger partial charge in [0.1, 0.15) is 0 Å². The molecule has 1 unspecified atom stereocenters. The minimum absolute atomic E-state index is 0.0788. The molecule has 3 aromatic rings. The second-order valence-corrected chi connectivity index (χ2v) is 8.75. The fourth-order valence-corrected chi connectivity index (χ4v) is 4.38. The summed E-state index contributed by atoms with van der Waals surface area (Å²) in [5.41, 5.74) is 10.1. The molecule has 1 amide bonds. The summed E-state index contributed by atoms with van der Waals surface area (Å²) in [5, 5.41) is 21.7. The SMILES string of the molecule is COCCCNc1cc(-n2nc(C)c3c2CN(C(O)NCc2ccccc2)CC3=O)ccc1C(N)=O. The third-order valence-corrected chi connectivity index (χ3v) is 6.17. The van der Waals surface area contributed by atoms with Crippen LogP contribution >= 0.6 is 0 Å². The van der Waals surface area contributed by atoms with Crippen LogP contribution < -0.4 is 16.4 Å².